The molecule has 5 nitrogen and oxygen atoms in total. The van der Waals surface area contributed by atoms with E-state index in [0.29, 0.717) is 23.3 Å². The summed E-state index contributed by atoms with van der Waals surface area (Å²) in [6, 6.07) is 11.1. The molecule has 1 saturated heterocycles. The van der Waals surface area contributed by atoms with Gasteiger partial charge in [-0.3, -0.25) is 0 Å². The fourth-order valence-electron chi connectivity index (χ4n) is 3.59. The van der Waals surface area contributed by atoms with Crippen LogP contribution in [0.2, 0.25) is 0 Å². The standard InChI is InChI=1S/C21H23NO4/c1-24-15-5-7-17-18-8-6-16(14-20(18)26-21(23)19(17)13-15)25-12-4-11-22-9-2-3-10-22/h5-8,13-14H,2-4,9-12H2,1H3. The zero-order chi connectivity index (χ0) is 17.9. The van der Waals surface area contributed by atoms with Crippen LogP contribution in [0.15, 0.2) is 45.6 Å². The van der Waals surface area contributed by atoms with E-state index >= 15 is 0 Å². The third kappa shape index (κ3) is 3.40. The van der Waals surface area contributed by atoms with E-state index in [9.17, 15) is 4.79 Å². The summed E-state index contributed by atoms with van der Waals surface area (Å²) in [5, 5.41) is 2.28. The second kappa shape index (κ2) is 7.38. The summed E-state index contributed by atoms with van der Waals surface area (Å²) >= 11 is 0. The smallest absolute Gasteiger partial charge is 0.344 e. The highest BCUT2D eigenvalue weighted by atomic mass is 16.5. The van der Waals surface area contributed by atoms with E-state index in [4.69, 9.17) is 13.9 Å². The normalized spacial score (nSPS) is 15.0. The first-order valence-electron chi connectivity index (χ1n) is 9.14. The Labute approximate surface area is 152 Å². The minimum atomic E-state index is -0.363. The topological polar surface area (TPSA) is 51.9 Å². The second-order valence-corrected chi connectivity index (χ2v) is 6.71. The molecule has 0 atom stereocenters. The molecule has 1 aromatic heterocycles. The van der Waals surface area contributed by atoms with Gasteiger partial charge in [-0.25, -0.2) is 4.79 Å². The summed E-state index contributed by atoms with van der Waals surface area (Å²) < 4.78 is 16.6. The lowest BCUT2D eigenvalue weighted by Crippen LogP contribution is -2.21. The Hall–Kier alpha value is -2.53. The molecular formula is C21H23NO4. The molecule has 0 bridgehead atoms. The molecule has 0 radical (unpaired) electrons. The first-order valence-corrected chi connectivity index (χ1v) is 9.14. The number of methoxy groups -OCH3 is 1. The molecule has 0 N–H and O–H groups in total. The minimum absolute atomic E-state index is 0.363. The van der Waals surface area contributed by atoms with Crippen LogP contribution < -0.4 is 15.1 Å². The summed E-state index contributed by atoms with van der Waals surface area (Å²) in [6.07, 6.45) is 3.62. The largest absolute Gasteiger partial charge is 0.497 e. The number of rotatable bonds is 6. The van der Waals surface area contributed by atoms with Crippen LogP contribution in [0.4, 0.5) is 0 Å². The molecule has 0 saturated carbocycles. The van der Waals surface area contributed by atoms with Gasteiger partial charge in [0.2, 0.25) is 0 Å². The predicted molar refractivity (Wildman–Crippen MR) is 102 cm³/mol. The molecule has 1 fully saturated rings. The monoisotopic (exact) mass is 353 g/mol. The third-order valence-electron chi connectivity index (χ3n) is 4.98. The van der Waals surface area contributed by atoms with Crippen molar-refractivity contribution in [2.45, 2.75) is 19.3 Å². The van der Waals surface area contributed by atoms with E-state index < -0.39 is 0 Å². The highest BCUT2D eigenvalue weighted by molar-refractivity contribution is 6.04. The van der Waals surface area contributed by atoms with E-state index in [1.807, 2.05) is 24.3 Å². The Balaban J connectivity index is 1.53. The van der Waals surface area contributed by atoms with Crippen molar-refractivity contribution in [3.8, 4) is 11.5 Å². The Kier molecular flexibility index (Phi) is 4.80. The molecule has 4 rings (SSSR count). The third-order valence-corrected chi connectivity index (χ3v) is 4.98. The number of benzene rings is 2. The van der Waals surface area contributed by atoms with Crippen molar-refractivity contribution in [2.24, 2.45) is 0 Å². The van der Waals surface area contributed by atoms with Gasteiger partial charge in [-0.1, -0.05) is 0 Å². The minimum Gasteiger partial charge on any atom is -0.497 e. The van der Waals surface area contributed by atoms with Gasteiger partial charge in [0.15, 0.2) is 0 Å². The van der Waals surface area contributed by atoms with Crippen molar-refractivity contribution in [3.63, 3.8) is 0 Å². The molecule has 1 aliphatic heterocycles. The molecule has 0 unspecified atom stereocenters. The number of hydrogen-bond acceptors (Lipinski definition) is 5. The zero-order valence-corrected chi connectivity index (χ0v) is 15.0. The molecule has 136 valence electrons. The van der Waals surface area contributed by atoms with Crippen LogP contribution in [-0.4, -0.2) is 38.3 Å². The van der Waals surface area contributed by atoms with Crippen molar-refractivity contribution < 1.29 is 13.9 Å². The van der Waals surface area contributed by atoms with Crippen LogP contribution in [0.1, 0.15) is 19.3 Å². The molecule has 3 aromatic rings. The zero-order valence-electron chi connectivity index (χ0n) is 15.0. The molecule has 0 amide bonds. The Bertz CT molecular complexity index is 973. The maximum Gasteiger partial charge on any atom is 0.344 e. The number of fused-ring (bicyclic) bond motifs is 3. The maximum absolute atomic E-state index is 12.3. The average Bonchev–Trinajstić information content (AvgIpc) is 3.18. The van der Waals surface area contributed by atoms with Gasteiger partial charge in [-0.05, 0) is 62.7 Å². The highest BCUT2D eigenvalue weighted by Crippen LogP contribution is 2.28. The second-order valence-electron chi connectivity index (χ2n) is 6.71. The lowest BCUT2D eigenvalue weighted by atomic mass is 10.1. The molecule has 2 aromatic carbocycles. The summed E-state index contributed by atoms with van der Waals surface area (Å²) in [7, 11) is 1.58. The van der Waals surface area contributed by atoms with E-state index in [1.165, 1.54) is 25.9 Å². The lowest BCUT2D eigenvalue weighted by Gasteiger charge is -2.14. The van der Waals surface area contributed by atoms with Crippen LogP contribution in [0.3, 0.4) is 0 Å². The average molecular weight is 353 g/mol. The van der Waals surface area contributed by atoms with E-state index in [1.54, 1.807) is 19.2 Å². The molecule has 2 heterocycles. The van der Waals surface area contributed by atoms with Crippen molar-refractivity contribution in [2.75, 3.05) is 33.4 Å². The first-order chi connectivity index (χ1) is 12.7. The van der Waals surface area contributed by atoms with Gasteiger partial charge >= 0.3 is 5.63 Å². The number of hydrogen-bond donors (Lipinski definition) is 0. The summed E-state index contributed by atoms with van der Waals surface area (Å²) in [5.41, 5.74) is 0.183. The summed E-state index contributed by atoms with van der Waals surface area (Å²) in [5.74, 6) is 1.37. The van der Waals surface area contributed by atoms with Gasteiger partial charge in [0.25, 0.3) is 0 Å². The Morgan fingerprint density at radius 3 is 2.58 bits per heavy atom. The molecule has 0 aliphatic carbocycles. The lowest BCUT2D eigenvalue weighted by molar-refractivity contribution is 0.263. The van der Waals surface area contributed by atoms with Crippen molar-refractivity contribution in [1.29, 1.82) is 0 Å². The molecule has 5 heteroatoms. The maximum atomic E-state index is 12.3. The fraction of sp³-hybridized carbons (Fsp3) is 0.381. The van der Waals surface area contributed by atoms with Crippen LogP contribution in [0.5, 0.6) is 11.5 Å². The van der Waals surface area contributed by atoms with Crippen molar-refractivity contribution in [3.05, 3.63) is 46.8 Å². The highest BCUT2D eigenvalue weighted by Gasteiger charge is 2.11. The summed E-state index contributed by atoms with van der Waals surface area (Å²) in [6.45, 7) is 4.16. The SMILES string of the molecule is COc1ccc2c(c1)c(=O)oc1cc(OCCCN3CCCC3)ccc12. The van der Waals surface area contributed by atoms with Gasteiger partial charge in [-0.2, -0.15) is 0 Å². The molecular weight excluding hydrogens is 330 g/mol. The quantitative estimate of drug-likeness (QED) is 0.383. The van der Waals surface area contributed by atoms with Gasteiger partial charge in [0.05, 0.1) is 19.1 Å². The number of likely N-dealkylation sites (tertiary alicyclic amines) is 1. The van der Waals surface area contributed by atoms with E-state index in [-0.39, 0.29) is 5.63 Å². The van der Waals surface area contributed by atoms with Crippen molar-refractivity contribution in [1.82, 2.24) is 4.90 Å². The Morgan fingerprint density at radius 2 is 1.77 bits per heavy atom. The van der Waals surface area contributed by atoms with Gasteiger partial charge in [-0.15, -0.1) is 0 Å². The van der Waals surface area contributed by atoms with E-state index in [0.717, 1.165) is 29.5 Å². The number of nitrogens with zero attached hydrogens (tertiary/aromatic N) is 1. The molecule has 1 aliphatic rings. The number of ether oxygens (including phenoxy) is 2. The predicted octanol–water partition coefficient (Wildman–Crippen LogP) is 3.82. The van der Waals surface area contributed by atoms with Gasteiger partial charge < -0.3 is 18.8 Å². The van der Waals surface area contributed by atoms with Gasteiger partial charge in [0.1, 0.15) is 17.1 Å². The van der Waals surface area contributed by atoms with Crippen LogP contribution in [0.25, 0.3) is 21.7 Å². The molecule has 0 spiro atoms. The molecule has 26 heavy (non-hydrogen) atoms. The van der Waals surface area contributed by atoms with Crippen molar-refractivity contribution >= 4 is 21.7 Å². The summed E-state index contributed by atoms with van der Waals surface area (Å²) in [4.78, 5) is 14.8. The fourth-order valence-corrected chi connectivity index (χ4v) is 3.59. The van der Waals surface area contributed by atoms with Crippen LogP contribution >= 0.6 is 0 Å². The van der Waals surface area contributed by atoms with Crippen LogP contribution in [-0.2, 0) is 0 Å². The van der Waals surface area contributed by atoms with Gasteiger partial charge in [0, 0.05) is 23.4 Å². The van der Waals surface area contributed by atoms with E-state index in [2.05, 4.69) is 4.90 Å². The first kappa shape index (κ1) is 16.9. The van der Waals surface area contributed by atoms with Crippen LogP contribution in [0, 0.1) is 0 Å². The Morgan fingerprint density at radius 1 is 1.00 bits per heavy atom.